The van der Waals surface area contributed by atoms with Crippen LogP contribution in [0.5, 0.6) is 0 Å². The molecule has 2 N–H and O–H groups in total. The highest BCUT2D eigenvalue weighted by Gasteiger charge is 2.34. The predicted molar refractivity (Wildman–Crippen MR) is 70.8 cm³/mol. The molecule has 0 aliphatic heterocycles. The average molecular weight is 306 g/mol. The van der Waals surface area contributed by atoms with Gasteiger partial charge in [0.25, 0.3) is 0 Å². The number of rotatable bonds is 5. The SMILES string of the molecule is CNc1nc(NC(C(=O)OC)C(C)C)cc(C(F)(F)F)n1. The van der Waals surface area contributed by atoms with Crippen LogP contribution in [0, 0.1) is 5.92 Å². The van der Waals surface area contributed by atoms with Crippen molar-refractivity contribution in [3.05, 3.63) is 11.8 Å². The van der Waals surface area contributed by atoms with E-state index in [1.165, 1.54) is 14.2 Å². The van der Waals surface area contributed by atoms with Crippen molar-refractivity contribution in [1.82, 2.24) is 9.97 Å². The zero-order valence-corrected chi connectivity index (χ0v) is 12.1. The molecular formula is C12H17F3N4O2. The van der Waals surface area contributed by atoms with Crippen molar-refractivity contribution >= 4 is 17.7 Å². The zero-order valence-electron chi connectivity index (χ0n) is 12.1. The molecular weight excluding hydrogens is 289 g/mol. The number of methoxy groups -OCH3 is 1. The third kappa shape index (κ3) is 4.47. The van der Waals surface area contributed by atoms with Crippen LogP contribution in [0.1, 0.15) is 19.5 Å². The molecule has 6 nitrogen and oxygen atoms in total. The van der Waals surface area contributed by atoms with Gasteiger partial charge in [0.05, 0.1) is 7.11 Å². The Labute approximate surface area is 120 Å². The van der Waals surface area contributed by atoms with Crippen molar-refractivity contribution in [3.63, 3.8) is 0 Å². The smallest absolute Gasteiger partial charge is 0.433 e. The van der Waals surface area contributed by atoms with Crippen LogP contribution >= 0.6 is 0 Å². The molecule has 0 amide bonds. The molecule has 1 unspecified atom stereocenters. The van der Waals surface area contributed by atoms with E-state index in [9.17, 15) is 18.0 Å². The summed E-state index contributed by atoms with van der Waals surface area (Å²) in [6.45, 7) is 3.47. The number of nitrogens with one attached hydrogen (secondary N) is 2. The predicted octanol–water partition coefficient (Wildman–Crippen LogP) is 2.15. The van der Waals surface area contributed by atoms with Gasteiger partial charge in [-0.25, -0.2) is 9.78 Å². The Balaban J connectivity index is 3.14. The number of aromatic nitrogens is 2. The van der Waals surface area contributed by atoms with Crippen LogP contribution in [0.15, 0.2) is 6.07 Å². The Kier molecular flexibility index (Phi) is 5.34. The van der Waals surface area contributed by atoms with Gasteiger partial charge < -0.3 is 15.4 Å². The normalized spacial score (nSPS) is 13.0. The minimum absolute atomic E-state index is 0.106. The van der Waals surface area contributed by atoms with Gasteiger partial charge >= 0.3 is 12.1 Å². The molecule has 1 heterocycles. The molecule has 0 aromatic carbocycles. The number of esters is 1. The summed E-state index contributed by atoms with van der Waals surface area (Å²) >= 11 is 0. The zero-order chi connectivity index (χ0) is 16.2. The maximum Gasteiger partial charge on any atom is 0.433 e. The Morgan fingerprint density at radius 3 is 2.38 bits per heavy atom. The summed E-state index contributed by atoms with van der Waals surface area (Å²) in [5, 5.41) is 5.10. The van der Waals surface area contributed by atoms with Gasteiger partial charge in [-0.1, -0.05) is 13.8 Å². The summed E-state index contributed by atoms with van der Waals surface area (Å²) in [5.41, 5.74) is -1.10. The van der Waals surface area contributed by atoms with Crippen molar-refractivity contribution in [2.45, 2.75) is 26.1 Å². The molecule has 9 heteroatoms. The summed E-state index contributed by atoms with van der Waals surface area (Å²) in [5.74, 6) is -1.08. The summed E-state index contributed by atoms with van der Waals surface area (Å²) < 4.78 is 42.9. The molecule has 0 spiro atoms. The van der Waals surface area contributed by atoms with E-state index in [0.717, 1.165) is 6.07 Å². The van der Waals surface area contributed by atoms with Crippen molar-refractivity contribution < 1.29 is 22.7 Å². The Hall–Kier alpha value is -2.06. The highest BCUT2D eigenvalue weighted by atomic mass is 19.4. The van der Waals surface area contributed by atoms with E-state index in [-0.39, 0.29) is 17.7 Å². The minimum atomic E-state index is -4.61. The molecule has 0 radical (unpaired) electrons. The number of halogens is 3. The molecule has 0 aliphatic carbocycles. The average Bonchev–Trinajstić information content (AvgIpc) is 2.42. The lowest BCUT2D eigenvalue weighted by Gasteiger charge is -2.21. The number of hydrogen-bond acceptors (Lipinski definition) is 6. The monoisotopic (exact) mass is 306 g/mol. The summed E-state index contributed by atoms with van der Waals surface area (Å²) in [7, 11) is 2.61. The quantitative estimate of drug-likeness (QED) is 0.812. The van der Waals surface area contributed by atoms with Gasteiger partial charge in [-0.3, -0.25) is 0 Å². The fourth-order valence-corrected chi connectivity index (χ4v) is 1.56. The number of anilines is 2. The van der Waals surface area contributed by atoms with Crippen LogP contribution in [-0.4, -0.2) is 36.1 Å². The molecule has 1 aromatic rings. The topological polar surface area (TPSA) is 76.1 Å². The summed E-state index contributed by atoms with van der Waals surface area (Å²) in [6, 6.07) is -0.0604. The van der Waals surface area contributed by atoms with Gasteiger partial charge in [0.1, 0.15) is 11.9 Å². The summed E-state index contributed by atoms with van der Waals surface area (Å²) in [4.78, 5) is 18.8. The maximum atomic E-state index is 12.8. The lowest BCUT2D eigenvalue weighted by Crippen LogP contribution is -2.36. The van der Waals surface area contributed by atoms with Gasteiger partial charge in [-0.2, -0.15) is 18.2 Å². The molecule has 0 saturated carbocycles. The second kappa shape index (κ2) is 6.59. The van der Waals surface area contributed by atoms with Gasteiger partial charge in [-0.15, -0.1) is 0 Å². The first-order valence-electron chi connectivity index (χ1n) is 6.17. The number of ether oxygens (including phenoxy) is 1. The van der Waals surface area contributed by atoms with E-state index in [2.05, 4.69) is 25.3 Å². The van der Waals surface area contributed by atoms with Gasteiger partial charge in [0.15, 0.2) is 5.69 Å². The first-order chi connectivity index (χ1) is 9.68. The highest BCUT2D eigenvalue weighted by molar-refractivity contribution is 5.79. The van der Waals surface area contributed by atoms with Crippen LogP contribution in [0.3, 0.4) is 0 Å². The summed E-state index contributed by atoms with van der Waals surface area (Å²) in [6.07, 6.45) is -4.61. The second-order valence-electron chi connectivity index (χ2n) is 4.60. The standard InChI is InChI=1S/C12H17F3N4O2/c1-6(2)9(10(20)21-4)18-8-5-7(12(13,14)15)17-11(16-3)19-8/h5-6,9H,1-4H3,(H2,16,17,18,19). The second-order valence-corrected chi connectivity index (χ2v) is 4.60. The number of hydrogen-bond donors (Lipinski definition) is 2. The Bertz CT molecular complexity index is 506. The maximum absolute atomic E-state index is 12.8. The van der Waals surface area contributed by atoms with Crippen molar-refractivity contribution in [2.24, 2.45) is 5.92 Å². The van der Waals surface area contributed by atoms with E-state index in [4.69, 9.17) is 0 Å². The molecule has 0 aliphatic rings. The Morgan fingerprint density at radius 1 is 1.33 bits per heavy atom. The number of carbonyl (C=O) groups excluding carboxylic acids is 1. The molecule has 118 valence electrons. The number of carbonyl (C=O) groups is 1. The van der Waals surface area contributed by atoms with Gasteiger partial charge in [0, 0.05) is 13.1 Å². The van der Waals surface area contributed by atoms with Gasteiger partial charge in [-0.05, 0) is 5.92 Å². The van der Waals surface area contributed by atoms with Crippen LogP contribution in [-0.2, 0) is 15.7 Å². The van der Waals surface area contributed by atoms with E-state index in [1.54, 1.807) is 13.8 Å². The van der Waals surface area contributed by atoms with Gasteiger partial charge in [0.2, 0.25) is 5.95 Å². The molecule has 1 rings (SSSR count). The largest absolute Gasteiger partial charge is 0.467 e. The molecule has 0 saturated heterocycles. The van der Waals surface area contributed by atoms with Crippen molar-refractivity contribution in [2.75, 3.05) is 24.8 Å². The Morgan fingerprint density at radius 2 is 1.95 bits per heavy atom. The third-order valence-electron chi connectivity index (χ3n) is 2.67. The number of alkyl halides is 3. The lowest BCUT2D eigenvalue weighted by molar-refractivity contribution is -0.142. The third-order valence-corrected chi connectivity index (χ3v) is 2.67. The van der Waals surface area contributed by atoms with Crippen LogP contribution in [0.4, 0.5) is 24.9 Å². The van der Waals surface area contributed by atoms with E-state index in [1.807, 2.05) is 0 Å². The van der Waals surface area contributed by atoms with Crippen molar-refractivity contribution in [3.8, 4) is 0 Å². The van der Waals surface area contributed by atoms with Crippen molar-refractivity contribution in [1.29, 1.82) is 0 Å². The van der Waals surface area contributed by atoms with Crippen LogP contribution in [0.25, 0.3) is 0 Å². The molecule has 0 fully saturated rings. The molecule has 1 aromatic heterocycles. The number of nitrogens with zero attached hydrogens (tertiary/aromatic N) is 2. The molecule has 1 atom stereocenters. The van der Waals surface area contributed by atoms with Crippen LogP contribution < -0.4 is 10.6 Å². The van der Waals surface area contributed by atoms with Crippen LogP contribution in [0.2, 0.25) is 0 Å². The highest BCUT2D eigenvalue weighted by Crippen LogP contribution is 2.30. The van der Waals surface area contributed by atoms with E-state index in [0.29, 0.717) is 0 Å². The first-order valence-corrected chi connectivity index (χ1v) is 6.17. The lowest BCUT2D eigenvalue weighted by atomic mass is 10.0. The molecule has 21 heavy (non-hydrogen) atoms. The first kappa shape index (κ1) is 17.0. The van der Waals surface area contributed by atoms with E-state index < -0.39 is 23.9 Å². The fraction of sp³-hybridized carbons (Fsp3) is 0.583. The minimum Gasteiger partial charge on any atom is -0.467 e. The molecule has 0 bridgehead atoms. The van der Waals surface area contributed by atoms with E-state index >= 15 is 0 Å². The fourth-order valence-electron chi connectivity index (χ4n) is 1.56.